The lowest BCUT2D eigenvalue weighted by Gasteiger charge is -2.21. The van der Waals surface area contributed by atoms with Crippen molar-refractivity contribution in [1.29, 1.82) is 0 Å². The molecular formula is C20H25N7O3. The number of nitrogens with two attached hydrogens (primary N) is 2. The van der Waals surface area contributed by atoms with Crippen molar-refractivity contribution in [1.82, 2.24) is 10.3 Å². The predicted molar refractivity (Wildman–Crippen MR) is 112 cm³/mol. The standard InChI is InChI=1S/C20H25N7O3/c1-12-5-6-16(30-12)17-18(27-22)19(26-20(21)25-17)23-9-13-3-2-4-14(24-13)10-29-15-7-8-28-11-15/h2-6,15,20H,7-11,21-22H2,1H3,(H,23,26)/b27-18-/t15-,20?/m0/s1. The first-order chi connectivity index (χ1) is 14.6. The molecule has 1 unspecified atom stereocenters. The molecule has 0 bridgehead atoms. The highest BCUT2D eigenvalue weighted by Crippen LogP contribution is 2.14. The number of hydrazone groups is 1. The molecule has 158 valence electrons. The van der Waals surface area contributed by atoms with Gasteiger partial charge < -0.3 is 25.1 Å². The maximum Gasteiger partial charge on any atom is 0.173 e. The first-order valence-corrected chi connectivity index (χ1v) is 9.76. The molecule has 2 aliphatic heterocycles. The van der Waals surface area contributed by atoms with Crippen LogP contribution in [0.5, 0.6) is 0 Å². The SMILES string of the molecule is Cc1ccc(C2=NC(N)NC(=NCc3cccc(CO[C@H]4CCOC4)n3)/C2=N\N)o1. The minimum atomic E-state index is -0.684. The van der Waals surface area contributed by atoms with Crippen LogP contribution in [0.15, 0.2) is 49.8 Å². The van der Waals surface area contributed by atoms with E-state index in [0.29, 0.717) is 42.8 Å². The molecular weight excluding hydrogens is 386 g/mol. The Labute approximate surface area is 174 Å². The van der Waals surface area contributed by atoms with E-state index in [0.717, 1.165) is 30.2 Å². The quantitative estimate of drug-likeness (QED) is 0.471. The third kappa shape index (κ3) is 4.73. The first-order valence-electron chi connectivity index (χ1n) is 9.76. The fourth-order valence-electron chi connectivity index (χ4n) is 3.24. The number of aromatic nitrogens is 1. The summed E-state index contributed by atoms with van der Waals surface area (Å²) in [5.41, 5.74) is 8.48. The van der Waals surface area contributed by atoms with Crippen molar-refractivity contribution in [2.24, 2.45) is 26.7 Å². The monoisotopic (exact) mass is 411 g/mol. The lowest BCUT2D eigenvalue weighted by atomic mass is 10.1. The van der Waals surface area contributed by atoms with Gasteiger partial charge in [0.15, 0.2) is 23.6 Å². The number of furan rings is 1. The average molecular weight is 411 g/mol. The van der Waals surface area contributed by atoms with Gasteiger partial charge in [-0.2, -0.15) is 5.10 Å². The van der Waals surface area contributed by atoms with Crippen LogP contribution in [0.25, 0.3) is 0 Å². The fourth-order valence-corrected chi connectivity index (χ4v) is 3.24. The van der Waals surface area contributed by atoms with Gasteiger partial charge in [0, 0.05) is 6.61 Å². The Morgan fingerprint density at radius 2 is 2.13 bits per heavy atom. The van der Waals surface area contributed by atoms with Gasteiger partial charge in [-0.1, -0.05) is 6.07 Å². The van der Waals surface area contributed by atoms with E-state index >= 15 is 0 Å². The molecule has 0 aromatic carbocycles. The molecule has 2 aliphatic rings. The van der Waals surface area contributed by atoms with Crippen molar-refractivity contribution in [3.8, 4) is 0 Å². The molecule has 5 N–H and O–H groups in total. The molecule has 0 radical (unpaired) electrons. The molecule has 10 heteroatoms. The molecule has 10 nitrogen and oxygen atoms in total. The van der Waals surface area contributed by atoms with Crippen LogP contribution in [0.2, 0.25) is 0 Å². The molecule has 1 fully saturated rings. The van der Waals surface area contributed by atoms with Crippen LogP contribution < -0.4 is 16.9 Å². The van der Waals surface area contributed by atoms with Crippen LogP contribution in [0.1, 0.15) is 29.3 Å². The number of aryl methyl sites for hydroxylation is 1. The van der Waals surface area contributed by atoms with Gasteiger partial charge in [-0.25, -0.2) is 4.99 Å². The summed E-state index contributed by atoms with van der Waals surface area (Å²) in [6.45, 7) is 3.99. The van der Waals surface area contributed by atoms with Crippen molar-refractivity contribution in [3.63, 3.8) is 0 Å². The largest absolute Gasteiger partial charge is 0.460 e. The number of nitrogens with zero attached hydrogens (tertiary/aromatic N) is 4. The molecule has 30 heavy (non-hydrogen) atoms. The molecule has 0 aliphatic carbocycles. The van der Waals surface area contributed by atoms with E-state index in [-0.39, 0.29) is 6.10 Å². The summed E-state index contributed by atoms with van der Waals surface area (Å²) in [6, 6.07) is 9.40. The summed E-state index contributed by atoms with van der Waals surface area (Å²) in [6.07, 6.45) is 0.366. The zero-order chi connectivity index (χ0) is 20.9. The summed E-state index contributed by atoms with van der Waals surface area (Å²) in [4.78, 5) is 13.6. The van der Waals surface area contributed by atoms with Gasteiger partial charge in [-0.05, 0) is 37.6 Å². The minimum Gasteiger partial charge on any atom is -0.460 e. The number of hydrogen-bond donors (Lipinski definition) is 3. The highest BCUT2D eigenvalue weighted by atomic mass is 16.5. The van der Waals surface area contributed by atoms with E-state index in [2.05, 4.69) is 25.4 Å². The molecule has 2 aromatic heterocycles. The second-order valence-electron chi connectivity index (χ2n) is 7.04. The van der Waals surface area contributed by atoms with E-state index in [1.54, 1.807) is 6.07 Å². The maximum atomic E-state index is 6.01. The molecule has 0 spiro atoms. The molecule has 1 saturated heterocycles. The summed E-state index contributed by atoms with van der Waals surface area (Å²) in [5, 5.41) is 6.85. The van der Waals surface area contributed by atoms with E-state index in [4.69, 9.17) is 25.5 Å². The Bertz CT molecular complexity index is 976. The first kappa shape index (κ1) is 20.2. The molecule has 2 atom stereocenters. The van der Waals surface area contributed by atoms with Crippen molar-refractivity contribution in [3.05, 3.63) is 53.2 Å². The Morgan fingerprint density at radius 3 is 2.87 bits per heavy atom. The topological polar surface area (TPSA) is 146 Å². The Morgan fingerprint density at radius 1 is 1.27 bits per heavy atom. The van der Waals surface area contributed by atoms with Crippen LogP contribution >= 0.6 is 0 Å². The molecule has 2 aromatic rings. The highest BCUT2D eigenvalue weighted by Gasteiger charge is 2.27. The van der Waals surface area contributed by atoms with E-state index in [9.17, 15) is 0 Å². The highest BCUT2D eigenvalue weighted by molar-refractivity contribution is 6.71. The number of hydrogen-bond acceptors (Lipinski definition) is 9. The third-order valence-corrected chi connectivity index (χ3v) is 4.72. The summed E-state index contributed by atoms with van der Waals surface area (Å²) in [5.74, 6) is 7.36. The zero-order valence-electron chi connectivity index (χ0n) is 16.7. The van der Waals surface area contributed by atoms with Gasteiger partial charge in [0.25, 0.3) is 0 Å². The van der Waals surface area contributed by atoms with Crippen LogP contribution in [0, 0.1) is 6.92 Å². The van der Waals surface area contributed by atoms with Crippen molar-refractivity contribution < 1.29 is 13.9 Å². The van der Waals surface area contributed by atoms with Gasteiger partial charge in [0.05, 0.1) is 37.3 Å². The fraction of sp³-hybridized carbons (Fsp3) is 0.400. The molecule has 0 amide bonds. The number of rotatable bonds is 6. The minimum absolute atomic E-state index is 0.134. The maximum absolute atomic E-state index is 6.01. The van der Waals surface area contributed by atoms with E-state index in [1.165, 1.54) is 0 Å². The Balaban J connectivity index is 1.47. The molecule has 4 heterocycles. The number of ether oxygens (including phenoxy) is 2. The lowest BCUT2D eigenvalue weighted by molar-refractivity contribution is 0.0301. The van der Waals surface area contributed by atoms with Crippen LogP contribution in [-0.4, -0.2) is 47.9 Å². The van der Waals surface area contributed by atoms with E-state index < -0.39 is 6.29 Å². The number of amidine groups is 1. The molecule has 0 saturated carbocycles. The van der Waals surface area contributed by atoms with Crippen molar-refractivity contribution in [2.75, 3.05) is 13.2 Å². The average Bonchev–Trinajstić information content (AvgIpc) is 3.42. The lowest BCUT2D eigenvalue weighted by Crippen LogP contribution is -2.51. The summed E-state index contributed by atoms with van der Waals surface area (Å²) in [7, 11) is 0. The second kappa shape index (κ2) is 9.16. The van der Waals surface area contributed by atoms with Gasteiger partial charge >= 0.3 is 0 Å². The number of aliphatic imine (C=N–C) groups is 2. The van der Waals surface area contributed by atoms with Gasteiger partial charge in [-0.3, -0.25) is 15.7 Å². The Kier molecular flexibility index (Phi) is 6.17. The van der Waals surface area contributed by atoms with E-state index in [1.807, 2.05) is 31.2 Å². The second-order valence-corrected chi connectivity index (χ2v) is 7.04. The van der Waals surface area contributed by atoms with Gasteiger partial charge in [-0.15, -0.1) is 0 Å². The van der Waals surface area contributed by atoms with Crippen molar-refractivity contribution in [2.45, 2.75) is 38.9 Å². The smallest absolute Gasteiger partial charge is 0.173 e. The van der Waals surface area contributed by atoms with Crippen LogP contribution in [0.4, 0.5) is 0 Å². The van der Waals surface area contributed by atoms with Gasteiger partial charge in [0.1, 0.15) is 11.5 Å². The number of nitrogens with one attached hydrogen (secondary N) is 1. The third-order valence-electron chi connectivity index (χ3n) is 4.72. The predicted octanol–water partition coefficient (Wildman–Crippen LogP) is 0.837. The van der Waals surface area contributed by atoms with Crippen molar-refractivity contribution >= 4 is 17.3 Å². The normalized spacial score (nSPS) is 24.3. The summed E-state index contributed by atoms with van der Waals surface area (Å²) < 4.78 is 16.8. The zero-order valence-corrected chi connectivity index (χ0v) is 16.7. The van der Waals surface area contributed by atoms with Crippen LogP contribution in [0.3, 0.4) is 0 Å². The van der Waals surface area contributed by atoms with Crippen LogP contribution in [-0.2, 0) is 22.6 Å². The summed E-state index contributed by atoms with van der Waals surface area (Å²) >= 11 is 0. The molecule has 4 rings (SSSR count). The Hall–Kier alpha value is -3.08. The van der Waals surface area contributed by atoms with Gasteiger partial charge in [0.2, 0.25) is 0 Å². The number of pyridine rings is 1.